The van der Waals surface area contributed by atoms with Crippen LogP contribution >= 0.6 is 0 Å². The SMILES string of the molecule is CCOc1cccc(CN(CCO)C(=O)C2CCCCCN2C)c1. The zero-order chi connectivity index (χ0) is 17.4. The normalized spacial score (nSPS) is 18.9. The molecule has 1 aromatic carbocycles. The van der Waals surface area contributed by atoms with Gasteiger partial charge in [-0.2, -0.15) is 0 Å². The van der Waals surface area contributed by atoms with Gasteiger partial charge in [0.05, 0.1) is 19.3 Å². The first-order valence-corrected chi connectivity index (χ1v) is 8.97. The number of aliphatic hydroxyl groups excluding tert-OH is 1. The monoisotopic (exact) mass is 334 g/mol. The topological polar surface area (TPSA) is 53.0 Å². The zero-order valence-corrected chi connectivity index (χ0v) is 14.9. The summed E-state index contributed by atoms with van der Waals surface area (Å²) < 4.78 is 5.54. The van der Waals surface area contributed by atoms with Gasteiger partial charge in [0.15, 0.2) is 0 Å². The van der Waals surface area contributed by atoms with Crippen LogP contribution in [0.3, 0.4) is 0 Å². The minimum atomic E-state index is -0.0749. The molecule has 1 heterocycles. The lowest BCUT2D eigenvalue weighted by Gasteiger charge is -2.31. The molecule has 5 nitrogen and oxygen atoms in total. The Morgan fingerprint density at radius 3 is 2.96 bits per heavy atom. The average Bonchev–Trinajstić information content (AvgIpc) is 2.79. The van der Waals surface area contributed by atoms with Crippen molar-refractivity contribution < 1.29 is 14.6 Å². The van der Waals surface area contributed by atoms with E-state index in [1.807, 2.05) is 38.2 Å². The summed E-state index contributed by atoms with van der Waals surface area (Å²) in [7, 11) is 2.03. The van der Waals surface area contributed by atoms with Crippen LogP contribution in [-0.2, 0) is 11.3 Å². The number of likely N-dealkylation sites (tertiary alicyclic amines) is 1. The Morgan fingerprint density at radius 2 is 2.21 bits per heavy atom. The van der Waals surface area contributed by atoms with Gasteiger partial charge in [-0.05, 0) is 51.1 Å². The van der Waals surface area contributed by atoms with Crippen LogP contribution in [0.15, 0.2) is 24.3 Å². The van der Waals surface area contributed by atoms with E-state index in [4.69, 9.17) is 4.74 Å². The van der Waals surface area contributed by atoms with Crippen LogP contribution in [0.5, 0.6) is 5.75 Å². The number of rotatable bonds is 7. The lowest BCUT2D eigenvalue weighted by atomic mass is 10.1. The second-order valence-electron chi connectivity index (χ2n) is 6.41. The summed E-state index contributed by atoms with van der Waals surface area (Å²) in [6.45, 7) is 4.38. The van der Waals surface area contributed by atoms with Crippen molar-refractivity contribution in [2.75, 3.05) is 33.4 Å². The number of hydrogen-bond donors (Lipinski definition) is 1. The summed E-state index contributed by atoms with van der Waals surface area (Å²) in [6, 6.07) is 7.76. The van der Waals surface area contributed by atoms with E-state index < -0.39 is 0 Å². The molecular weight excluding hydrogens is 304 g/mol. The van der Waals surface area contributed by atoms with Crippen molar-refractivity contribution in [1.29, 1.82) is 0 Å². The maximum atomic E-state index is 13.0. The molecule has 1 atom stereocenters. The van der Waals surface area contributed by atoms with Gasteiger partial charge in [0, 0.05) is 13.1 Å². The third kappa shape index (κ3) is 5.21. The van der Waals surface area contributed by atoms with Crippen molar-refractivity contribution in [3.8, 4) is 5.75 Å². The standard InChI is InChI=1S/C19H30N2O3/c1-3-24-17-9-7-8-16(14-17)15-21(12-13-22)19(23)18-10-5-4-6-11-20(18)2/h7-9,14,18,22H,3-6,10-13,15H2,1-2H3. The van der Waals surface area contributed by atoms with Gasteiger partial charge >= 0.3 is 0 Å². The number of amides is 1. The number of carbonyl (C=O) groups is 1. The highest BCUT2D eigenvalue weighted by atomic mass is 16.5. The molecule has 0 saturated carbocycles. The van der Waals surface area contributed by atoms with Crippen molar-refractivity contribution in [1.82, 2.24) is 9.80 Å². The van der Waals surface area contributed by atoms with E-state index in [-0.39, 0.29) is 18.6 Å². The molecule has 1 saturated heterocycles. The summed E-state index contributed by atoms with van der Waals surface area (Å²) in [6.07, 6.45) is 4.32. The Hall–Kier alpha value is -1.59. The fourth-order valence-electron chi connectivity index (χ4n) is 3.28. The Morgan fingerprint density at radius 1 is 1.38 bits per heavy atom. The van der Waals surface area contributed by atoms with Gasteiger partial charge in [-0.3, -0.25) is 9.69 Å². The first kappa shape index (κ1) is 18.7. The molecule has 0 aromatic heterocycles. The van der Waals surface area contributed by atoms with Gasteiger partial charge in [0.2, 0.25) is 5.91 Å². The van der Waals surface area contributed by atoms with Crippen molar-refractivity contribution in [3.63, 3.8) is 0 Å². The highest BCUT2D eigenvalue weighted by Gasteiger charge is 2.28. The molecule has 1 aromatic rings. The minimum absolute atomic E-state index is 0.0205. The molecule has 1 N–H and O–H groups in total. The third-order valence-corrected chi connectivity index (χ3v) is 4.57. The second-order valence-corrected chi connectivity index (χ2v) is 6.41. The predicted octanol–water partition coefficient (Wildman–Crippen LogP) is 2.28. The molecule has 24 heavy (non-hydrogen) atoms. The van der Waals surface area contributed by atoms with Crippen LogP contribution in [0.1, 0.15) is 38.2 Å². The number of benzene rings is 1. The maximum absolute atomic E-state index is 13.0. The molecule has 1 aliphatic rings. The second kappa shape index (κ2) is 9.64. The molecule has 1 aliphatic heterocycles. The van der Waals surface area contributed by atoms with Crippen molar-refractivity contribution in [2.45, 2.75) is 45.2 Å². The molecule has 1 unspecified atom stereocenters. The lowest BCUT2D eigenvalue weighted by Crippen LogP contribution is -2.47. The Labute approximate surface area is 145 Å². The van der Waals surface area contributed by atoms with Crippen molar-refractivity contribution in [3.05, 3.63) is 29.8 Å². The lowest BCUT2D eigenvalue weighted by molar-refractivity contribution is -0.137. The average molecular weight is 334 g/mol. The van der Waals surface area contributed by atoms with Gasteiger partial charge in [-0.1, -0.05) is 25.0 Å². The van der Waals surface area contributed by atoms with E-state index in [2.05, 4.69) is 4.90 Å². The summed E-state index contributed by atoms with van der Waals surface area (Å²) in [5.74, 6) is 0.938. The molecule has 134 valence electrons. The van der Waals surface area contributed by atoms with Gasteiger partial charge < -0.3 is 14.7 Å². The third-order valence-electron chi connectivity index (χ3n) is 4.57. The molecule has 0 spiro atoms. The van der Waals surface area contributed by atoms with Gasteiger partial charge in [0.25, 0.3) is 0 Å². The fourth-order valence-corrected chi connectivity index (χ4v) is 3.28. The first-order chi connectivity index (χ1) is 11.7. The van der Waals surface area contributed by atoms with Crippen LogP contribution in [0.4, 0.5) is 0 Å². The quantitative estimate of drug-likeness (QED) is 0.831. The van der Waals surface area contributed by atoms with E-state index >= 15 is 0 Å². The van der Waals surface area contributed by atoms with Crippen LogP contribution in [0.25, 0.3) is 0 Å². The number of carbonyl (C=O) groups excluding carboxylic acids is 1. The highest BCUT2D eigenvalue weighted by molar-refractivity contribution is 5.82. The van der Waals surface area contributed by atoms with E-state index in [9.17, 15) is 9.90 Å². The van der Waals surface area contributed by atoms with Crippen LogP contribution in [0, 0.1) is 0 Å². The fraction of sp³-hybridized carbons (Fsp3) is 0.632. The number of hydrogen-bond acceptors (Lipinski definition) is 4. The summed E-state index contributed by atoms with van der Waals surface area (Å²) >= 11 is 0. The first-order valence-electron chi connectivity index (χ1n) is 8.97. The Balaban J connectivity index is 2.09. The van der Waals surface area contributed by atoms with E-state index in [1.54, 1.807) is 4.90 Å². The van der Waals surface area contributed by atoms with Crippen LogP contribution < -0.4 is 4.74 Å². The molecule has 1 amide bonds. The molecule has 0 bridgehead atoms. The molecule has 0 radical (unpaired) electrons. The summed E-state index contributed by atoms with van der Waals surface area (Å²) in [4.78, 5) is 16.9. The summed E-state index contributed by atoms with van der Waals surface area (Å²) in [5, 5.41) is 9.39. The van der Waals surface area contributed by atoms with Crippen molar-refractivity contribution in [2.24, 2.45) is 0 Å². The van der Waals surface area contributed by atoms with Crippen LogP contribution in [0.2, 0.25) is 0 Å². The van der Waals surface area contributed by atoms with E-state index in [0.29, 0.717) is 19.7 Å². The largest absolute Gasteiger partial charge is 0.494 e. The molecule has 0 aliphatic carbocycles. The van der Waals surface area contributed by atoms with E-state index in [0.717, 1.165) is 37.1 Å². The minimum Gasteiger partial charge on any atom is -0.494 e. The maximum Gasteiger partial charge on any atom is 0.240 e. The highest BCUT2D eigenvalue weighted by Crippen LogP contribution is 2.20. The zero-order valence-electron chi connectivity index (χ0n) is 14.9. The Bertz CT molecular complexity index is 521. The Kier molecular flexibility index (Phi) is 7.53. The number of likely N-dealkylation sites (N-methyl/N-ethyl adjacent to an activating group) is 1. The molecular formula is C19H30N2O3. The molecule has 1 fully saturated rings. The summed E-state index contributed by atoms with van der Waals surface area (Å²) in [5.41, 5.74) is 1.03. The number of ether oxygens (including phenoxy) is 1. The predicted molar refractivity (Wildman–Crippen MR) is 95.0 cm³/mol. The molecule has 2 rings (SSSR count). The molecule has 5 heteroatoms. The van der Waals surface area contributed by atoms with E-state index in [1.165, 1.54) is 6.42 Å². The van der Waals surface area contributed by atoms with Gasteiger partial charge in [-0.25, -0.2) is 0 Å². The van der Waals surface area contributed by atoms with Crippen molar-refractivity contribution >= 4 is 5.91 Å². The van der Waals surface area contributed by atoms with Gasteiger partial charge in [-0.15, -0.1) is 0 Å². The van der Waals surface area contributed by atoms with Gasteiger partial charge in [0.1, 0.15) is 5.75 Å². The smallest absolute Gasteiger partial charge is 0.240 e. The number of nitrogens with zero attached hydrogens (tertiary/aromatic N) is 2. The number of aliphatic hydroxyl groups is 1. The van der Waals surface area contributed by atoms with Crippen LogP contribution in [-0.4, -0.2) is 60.2 Å².